The van der Waals surface area contributed by atoms with Crippen molar-refractivity contribution in [2.75, 3.05) is 32.8 Å². The maximum atomic E-state index is 13.1. The van der Waals surface area contributed by atoms with Gasteiger partial charge in [0.15, 0.2) is 5.65 Å². The minimum absolute atomic E-state index is 0.0868. The van der Waals surface area contributed by atoms with Crippen molar-refractivity contribution in [3.63, 3.8) is 0 Å². The first-order valence-corrected chi connectivity index (χ1v) is 13.9. The summed E-state index contributed by atoms with van der Waals surface area (Å²) in [5, 5.41) is 15.5. The van der Waals surface area contributed by atoms with Gasteiger partial charge in [-0.2, -0.15) is 0 Å². The molecule has 1 atom stereocenters. The number of fused-ring (bicyclic) bond motifs is 1. The molecule has 210 valence electrons. The van der Waals surface area contributed by atoms with Gasteiger partial charge in [0.2, 0.25) is 0 Å². The average Bonchev–Trinajstić information content (AvgIpc) is 3.41. The summed E-state index contributed by atoms with van der Waals surface area (Å²) in [7, 11) is 0. The number of nitrogens with zero attached hydrogens (tertiary/aromatic N) is 4. The third-order valence-electron chi connectivity index (χ3n) is 7.35. The van der Waals surface area contributed by atoms with E-state index in [9.17, 15) is 14.7 Å². The molecule has 2 aliphatic rings. The summed E-state index contributed by atoms with van der Waals surface area (Å²) >= 11 is 5.91. The summed E-state index contributed by atoms with van der Waals surface area (Å²) in [5.41, 5.74) is 0.797. The van der Waals surface area contributed by atoms with Gasteiger partial charge >= 0.3 is 0 Å². The number of amides is 1. The minimum atomic E-state index is -1.09. The Morgan fingerprint density at radius 2 is 1.85 bits per heavy atom. The third-order valence-corrected chi connectivity index (χ3v) is 7.61. The molecule has 2 aromatic heterocycles. The second kappa shape index (κ2) is 12.3. The van der Waals surface area contributed by atoms with Crippen molar-refractivity contribution in [3.8, 4) is 5.69 Å². The second-order valence-corrected chi connectivity index (χ2v) is 10.8. The Balaban J connectivity index is 0.000000403. The number of benzene rings is 2. The van der Waals surface area contributed by atoms with Crippen LogP contribution in [-0.2, 0) is 11.3 Å². The number of hydrogen-bond acceptors (Lipinski definition) is 6. The van der Waals surface area contributed by atoms with Gasteiger partial charge < -0.3 is 24.6 Å². The number of carbonyl (C=O) groups excluding carboxylic acids is 1. The number of aliphatic hydroxyl groups is 1. The van der Waals surface area contributed by atoms with Crippen LogP contribution in [0.15, 0.2) is 78.0 Å². The number of hydrogen-bond donors (Lipinski definition) is 2. The van der Waals surface area contributed by atoms with Crippen LogP contribution in [0.5, 0.6) is 0 Å². The van der Waals surface area contributed by atoms with Crippen LogP contribution in [0.4, 0.5) is 0 Å². The van der Waals surface area contributed by atoms with Crippen LogP contribution in [0.25, 0.3) is 16.7 Å². The van der Waals surface area contributed by atoms with Gasteiger partial charge in [-0.3, -0.25) is 14.2 Å². The molecule has 0 radical (unpaired) electrons. The number of morpholine rings is 1. The summed E-state index contributed by atoms with van der Waals surface area (Å²) in [4.78, 5) is 32.1. The fraction of sp³-hybridized carbons (Fsp3) is 0.367. The van der Waals surface area contributed by atoms with Crippen molar-refractivity contribution >= 4 is 28.5 Å². The van der Waals surface area contributed by atoms with Crippen molar-refractivity contribution in [1.29, 1.82) is 0 Å². The molecule has 0 bridgehead atoms. The van der Waals surface area contributed by atoms with E-state index >= 15 is 0 Å². The van der Waals surface area contributed by atoms with E-state index in [0.717, 1.165) is 25.4 Å². The molecule has 10 heteroatoms. The summed E-state index contributed by atoms with van der Waals surface area (Å²) in [6.45, 7) is 5.94. The van der Waals surface area contributed by atoms with E-state index in [-0.39, 0.29) is 18.0 Å². The molecule has 0 saturated carbocycles. The lowest BCUT2D eigenvalue weighted by molar-refractivity contribution is -0.0299. The van der Waals surface area contributed by atoms with Crippen LogP contribution in [-0.4, -0.2) is 74.5 Å². The highest BCUT2D eigenvalue weighted by atomic mass is 35.5. The first-order chi connectivity index (χ1) is 19.3. The van der Waals surface area contributed by atoms with E-state index in [2.05, 4.69) is 17.2 Å². The van der Waals surface area contributed by atoms with Gasteiger partial charge in [0.05, 0.1) is 30.2 Å². The third kappa shape index (κ3) is 6.45. The summed E-state index contributed by atoms with van der Waals surface area (Å²) in [5.74, 6) is -0.0868. The molecule has 40 heavy (non-hydrogen) atoms. The Morgan fingerprint density at radius 1 is 1.12 bits per heavy atom. The van der Waals surface area contributed by atoms with E-state index in [1.807, 2.05) is 41.1 Å². The number of piperidine rings is 1. The zero-order valence-corrected chi connectivity index (χ0v) is 23.3. The van der Waals surface area contributed by atoms with E-state index in [0.29, 0.717) is 53.7 Å². The van der Waals surface area contributed by atoms with E-state index in [1.165, 1.54) is 10.9 Å². The van der Waals surface area contributed by atoms with Gasteiger partial charge in [-0.05, 0) is 62.2 Å². The lowest BCUT2D eigenvalue weighted by Gasteiger charge is -2.38. The highest BCUT2D eigenvalue weighted by Crippen LogP contribution is 2.25. The number of likely N-dealkylation sites (tertiary alicyclic amines) is 1. The molecule has 0 aliphatic carbocycles. The summed E-state index contributed by atoms with van der Waals surface area (Å²) in [6.07, 6.45) is 4.50. The molecular formula is C30H34ClN5O4. The maximum Gasteiger partial charge on any atom is 0.262 e. The molecule has 6 rings (SSSR count). The molecule has 1 unspecified atom stereocenters. The number of aromatic nitrogens is 3. The van der Waals surface area contributed by atoms with Gasteiger partial charge in [-0.15, -0.1) is 0 Å². The Bertz CT molecular complexity index is 1490. The number of carbonyl (C=O) groups is 1. The zero-order valence-electron chi connectivity index (χ0n) is 22.5. The maximum absolute atomic E-state index is 13.1. The molecular weight excluding hydrogens is 530 g/mol. The average molecular weight is 564 g/mol. The standard InChI is InChI=1S/C25H23ClN4O3.C5H11NO/c26-19-8-6-18(7-9-19)23(31)28-14-11-25(33,12-15-28)16-29-17-27-22-21(24(29)32)10-13-30(22)20-4-2-1-3-5-20;1-5-4-6-2-3-7-5/h1-10,13,17,33H,11-12,14-16H2;5-6H,2-4H2,1H3. The van der Waals surface area contributed by atoms with Crippen LogP contribution in [0.3, 0.4) is 0 Å². The van der Waals surface area contributed by atoms with Crippen molar-refractivity contribution < 1.29 is 14.6 Å². The van der Waals surface area contributed by atoms with Crippen LogP contribution in [0.1, 0.15) is 30.1 Å². The molecule has 4 aromatic rings. The molecule has 2 fully saturated rings. The number of para-hydroxylation sites is 1. The number of halogens is 1. The van der Waals surface area contributed by atoms with Crippen LogP contribution in [0, 0.1) is 0 Å². The van der Waals surface area contributed by atoms with Gasteiger partial charge in [0.25, 0.3) is 11.5 Å². The van der Waals surface area contributed by atoms with Crippen molar-refractivity contribution in [3.05, 3.63) is 94.1 Å². The van der Waals surface area contributed by atoms with Crippen LogP contribution in [0.2, 0.25) is 5.02 Å². The predicted octanol–water partition coefficient (Wildman–Crippen LogP) is 3.50. The fourth-order valence-corrected chi connectivity index (χ4v) is 5.16. The Labute approximate surface area is 238 Å². The monoisotopic (exact) mass is 563 g/mol. The normalized spacial score (nSPS) is 18.7. The van der Waals surface area contributed by atoms with Gasteiger partial charge in [0.1, 0.15) is 6.33 Å². The van der Waals surface area contributed by atoms with Gasteiger partial charge in [0, 0.05) is 48.6 Å². The Hall–Kier alpha value is -3.50. The topological polar surface area (TPSA) is 102 Å². The van der Waals surface area contributed by atoms with E-state index in [4.69, 9.17) is 16.3 Å². The molecule has 2 aliphatic heterocycles. The molecule has 2 N–H and O–H groups in total. The second-order valence-electron chi connectivity index (χ2n) is 10.3. The zero-order chi connectivity index (χ0) is 28.1. The summed E-state index contributed by atoms with van der Waals surface area (Å²) in [6, 6.07) is 18.2. The highest BCUT2D eigenvalue weighted by molar-refractivity contribution is 6.30. The first-order valence-electron chi connectivity index (χ1n) is 13.5. The Kier molecular flexibility index (Phi) is 8.66. The van der Waals surface area contributed by atoms with E-state index < -0.39 is 5.60 Å². The largest absolute Gasteiger partial charge is 0.388 e. The molecule has 2 saturated heterocycles. The van der Waals surface area contributed by atoms with Gasteiger partial charge in [-0.1, -0.05) is 29.8 Å². The first kappa shape index (κ1) is 28.0. The van der Waals surface area contributed by atoms with Gasteiger partial charge in [-0.25, -0.2) is 4.98 Å². The van der Waals surface area contributed by atoms with E-state index in [1.54, 1.807) is 35.2 Å². The smallest absolute Gasteiger partial charge is 0.262 e. The van der Waals surface area contributed by atoms with Crippen molar-refractivity contribution in [2.24, 2.45) is 0 Å². The molecule has 2 aromatic carbocycles. The molecule has 9 nitrogen and oxygen atoms in total. The lowest BCUT2D eigenvalue weighted by Crippen LogP contribution is -2.49. The molecule has 1 amide bonds. The van der Waals surface area contributed by atoms with Crippen molar-refractivity contribution in [2.45, 2.75) is 38.0 Å². The highest BCUT2D eigenvalue weighted by Gasteiger charge is 2.35. The predicted molar refractivity (Wildman–Crippen MR) is 155 cm³/mol. The Morgan fingerprint density at radius 3 is 2.48 bits per heavy atom. The minimum Gasteiger partial charge on any atom is -0.388 e. The van der Waals surface area contributed by atoms with Crippen LogP contribution < -0.4 is 10.9 Å². The van der Waals surface area contributed by atoms with Crippen LogP contribution >= 0.6 is 11.6 Å². The fourth-order valence-electron chi connectivity index (χ4n) is 5.04. The lowest BCUT2D eigenvalue weighted by atomic mass is 9.91. The quantitative estimate of drug-likeness (QED) is 0.394. The summed E-state index contributed by atoms with van der Waals surface area (Å²) < 4.78 is 8.55. The van der Waals surface area contributed by atoms with Crippen molar-refractivity contribution in [1.82, 2.24) is 24.3 Å². The molecule has 4 heterocycles. The molecule has 0 spiro atoms. The number of nitrogens with one attached hydrogen (secondary N) is 1. The number of rotatable bonds is 4. The number of ether oxygens (including phenoxy) is 1. The SMILES string of the molecule is CC1CNCCO1.O=C(c1ccc(Cl)cc1)N1CCC(O)(Cn2cnc3c(ccn3-c3ccccc3)c2=O)CC1.